The molecular weight excluding hydrogens is 220 g/mol. The Balaban J connectivity index is 2.53. The van der Waals surface area contributed by atoms with E-state index < -0.39 is 0 Å². The molecule has 2 atom stereocenters. The van der Waals surface area contributed by atoms with Crippen molar-refractivity contribution in [3.05, 3.63) is 0 Å². The molecule has 1 rings (SSSR count). The van der Waals surface area contributed by atoms with Gasteiger partial charge in [0.2, 0.25) is 0 Å². The molecule has 0 aromatic heterocycles. The number of rotatable bonds is 5. The Kier molecular flexibility index (Phi) is 5.32. The molecule has 0 spiro atoms. The van der Waals surface area contributed by atoms with Crippen LogP contribution in [0.3, 0.4) is 0 Å². The number of ketones is 2. The van der Waals surface area contributed by atoms with Crippen LogP contribution in [-0.4, -0.2) is 24.1 Å². The van der Waals surface area contributed by atoms with E-state index in [9.17, 15) is 14.4 Å². The molecular formula is C13H20O4. The minimum atomic E-state index is -0.311. The highest BCUT2D eigenvalue weighted by Crippen LogP contribution is 2.30. The minimum Gasteiger partial charge on any atom is -0.466 e. The zero-order valence-electron chi connectivity index (χ0n) is 10.5. The number of hydrogen-bond donors (Lipinski definition) is 0. The summed E-state index contributed by atoms with van der Waals surface area (Å²) in [5.74, 6) is -0.623. The van der Waals surface area contributed by atoms with Gasteiger partial charge in [-0.1, -0.05) is 6.42 Å². The molecule has 0 saturated heterocycles. The van der Waals surface area contributed by atoms with Crippen LogP contribution in [-0.2, 0) is 19.1 Å². The standard InChI is InChI=1S/C13H20O4/c1-3-17-12(15)8-11-6-4-5-10(13(11)16)7-9(2)14/h10-11H,3-8H2,1-2H3. The van der Waals surface area contributed by atoms with Crippen molar-refractivity contribution in [2.75, 3.05) is 6.61 Å². The number of esters is 1. The number of hydrogen-bond acceptors (Lipinski definition) is 4. The summed E-state index contributed by atoms with van der Waals surface area (Å²) in [4.78, 5) is 34.4. The highest BCUT2D eigenvalue weighted by molar-refractivity contribution is 5.91. The largest absolute Gasteiger partial charge is 0.466 e. The molecule has 4 heteroatoms. The first kappa shape index (κ1) is 13.9. The van der Waals surface area contributed by atoms with Gasteiger partial charge < -0.3 is 9.53 Å². The average molecular weight is 240 g/mol. The Labute approximate surface area is 102 Å². The van der Waals surface area contributed by atoms with Gasteiger partial charge in [-0.25, -0.2) is 0 Å². The van der Waals surface area contributed by atoms with E-state index in [0.29, 0.717) is 13.0 Å². The lowest BCUT2D eigenvalue weighted by Gasteiger charge is -2.26. The fourth-order valence-electron chi connectivity index (χ4n) is 2.40. The van der Waals surface area contributed by atoms with E-state index in [4.69, 9.17) is 4.74 Å². The van der Waals surface area contributed by atoms with E-state index in [-0.39, 0.29) is 35.8 Å². The fourth-order valence-corrected chi connectivity index (χ4v) is 2.40. The van der Waals surface area contributed by atoms with Gasteiger partial charge in [-0.05, 0) is 26.7 Å². The number of carbonyl (C=O) groups is 3. The zero-order chi connectivity index (χ0) is 12.8. The second kappa shape index (κ2) is 6.52. The monoisotopic (exact) mass is 240 g/mol. The predicted molar refractivity (Wildman–Crippen MR) is 62.4 cm³/mol. The molecule has 0 aromatic carbocycles. The molecule has 0 bridgehead atoms. The molecule has 0 aromatic rings. The molecule has 17 heavy (non-hydrogen) atoms. The number of carbonyl (C=O) groups excluding carboxylic acids is 3. The van der Waals surface area contributed by atoms with Crippen LogP contribution in [0.25, 0.3) is 0 Å². The molecule has 2 unspecified atom stereocenters. The lowest BCUT2D eigenvalue weighted by atomic mass is 9.77. The lowest BCUT2D eigenvalue weighted by Crippen LogP contribution is -2.31. The topological polar surface area (TPSA) is 60.4 Å². The summed E-state index contributed by atoms with van der Waals surface area (Å²) in [6.07, 6.45) is 2.91. The quantitative estimate of drug-likeness (QED) is 0.689. The Hall–Kier alpha value is -1.19. The summed E-state index contributed by atoms with van der Waals surface area (Å²) in [7, 11) is 0. The van der Waals surface area contributed by atoms with E-state index in [1.165, 1.54) is 6.92 Å². The summed E-state index contributed by atoms with van der Waals surface area (Å²) < 4.78 is 4.85. The van der Waals surface area contributed by atoms with Gasteiger partial charge >= 0.3 is 5.97 Å². The molecule has 0 radical (unpaired) electrons. The van der Waals surface area contributed by atoms with Crippen LogP contribution in [0.1, 0.15) is 46.0 Å². The molecule has 0 N–H and O–H groups in total. The molecule has 1 saturated carbocycles. The third-order valence-corrected chi connectivity index (χ3v) is 3.16. The summed E-state index contributed by atoms with van der Waals surface area (Å²) in [5, 5.41) is 0. The minimum absolute atomic E-state index is 0.0418. The van der Waals surface area contributed by atoms with Crippen molar-refractivity contribution < 1.29 is 19.1 Å². The lowest BCUT2D eigenvalue weighted by molar-refractivity contribution is -0.147. The highest BCUT2D eigenvalue weighted by atomic mass is 16.5. The van der Waals surface area contributed by atoms with Gasteiger partial charge in [-0.2, -0.15) is 0 Å². The molecule has 4 nitrogen and oxygen atoms in total. The van der Waals surface area contributed by atoms with Crippen molar-refractivity contribution in [3.8, 4) is 0 Å². The maximum atomic E-state index is 12.0. The van der Waals surface area contributed by atoms with Crippen LogP contribution < -0.4 is 0 Å². The molecule has 0 aliphatic heterocycles. The molecule has 0 heterocycles. The first-order valence-corrected chi connectivity index (χ1v) is 6.23. The van der Waals surface area contributed by atoms with E-state index in [1.54, 1.807) is 6.92 Å². The Morgan fingerprint density at radius 2 is 1.82 bits per heavy atom. The summed E-state index contributed by atoms with van der Waals surface area (Å²) in [5.41, 5.74) is 0. The normalized spacial score (nSPS) is 24.5. The van der Waals surface area contributed by atoms with Gasteiger partial charge in [0, 0.05) is 18.3 Å². The Morgan fingerprint density at radius 3 is 2.35 bits per heavy atom. The van der Waals surface area contributed by atoms with Gasteiger partial charge in [0.25, 0.3) is 0 Å². The van der Waals surface area contributed by atoms with Crippen LogP contribution in [0.4, 0.5) is 0 Å². The maximum absolute atomic E-state index is 12.0. The van der Waals surface area contributed by atoms with Crippen LogP contribution in [0, 0.1) is 11.8 Å². The molecule has 0 amide bonds. The van der Waals surface area contributed by atoms with Crippen LogP contribution in [0.5, 0.6) is 0 Å². The van der Waals surface area contributed by atoms with E-state index in [1.807, 2.05) is 0 Å². The second-order valence-electron chi connectivity index (χ2n) is 4.64. The highest BCUT2D eigenvalue weighted by Gasteiger charge is 2.33. The van der Waals surface area contributed by atoms with Gasteiger partial charge in [-0.3, -0.25) is 9.59 Å². The van der Waals surface area contributed by atoms with Gasteiger partial charge in [0.15, 0.2) is 0 Å². The van der Waals surface area contributed by atoms with E-state index >= 15 is 0 Å². The summed E-state index contributed by atoms with van der Waals surface area (Å²) in [6.45, 7) is 3.60. The fraction of sp³-hybridized carbons (Fsp3) is 0.769. The van der Waals surface area contributed by atoms with Crippen LogP contribution in [0.2, 0.25) is 0 Å². The van der Waals surface area contributed by atoms with Crippen molar-refractivity contribution in [2.45, 2.75) is 46.0 Å². The molecule has 1 aliphatic rings. The number of Topliss-reactive ketones (excluding diaryl/α,β-unsaturated/α-hetero) is 2. The van der Waals surface area contributed by atoms with Gasteiger partial charge in [0.1, 0.15) is 11.6 Å². The van der Waals surface area contributed by atoms with Crippen LogP contribution >= 0.6 is 0 Å². The summed E-state index contributed by atoms with van der Waals surface area (Å²) >= 11 is 0. The van der Waals surface area contributed by atoms with Crippen molar-refractivity contribution in [1.29, 1.82) is 0 Å². The van der Waals surface area contributed by atoms with Gasteiger partial charge in [0.05, 0.1) is 13.0 Å². The molecule has 1 fully saturated rings. The Morgan fingerprint density at radius 1 is 1.24 bits per heavy atom. The predicted octanol–water partition coefficient (Wildman–Crippen LogP) is 1.90. The average Bonchev–Trinajstić information content (AvgIpc) is 2.23. The van der Waals surface area contributed by atoms with Crippen molar-refractivity contribution in [1.82, 2.24) is 0 Å². The first-order valence-electron chi connectivity index (χ1n) is 6.23. The first-order chi connectivity index (χ1) is 8.04. The number of ether oxygens (including phenoxy) is 1. The van der Waals surface area contributed by atoms with Crippen molar-refractivity contribution >= 4 is 17.5 Å². The van der Waals surface area contributed by atoms with E-state index in [2.05, 4.69) is 0 Å². The van der Waals surface area contributed by atoms with Gasteiger partial charge in [-0.15, -0.1) is 0 Å². The third-order valence-electron chi connectivity index (χ3n) is 3.16. The zero-order valence-corrected chi connectivity index (χ0v) is 10.5. The molecule has 96 valence electrons. The molecule has 1 aliphatic carbocycles. The Bertz CT molecular complexity index is 309. The smallest absolute Gasteiger partial charge is 0.306 e. The van der Waals surface area contributed by atoms with E-state index in [0.717, 1.165) is 19.3 Å². The second-order valence-corrected chi connectivity index (χ2v) is 4.64. The summed E-state index contributed by atoms with van der Waals surface area (Å²) in [6, 6.07) is 0. The van der Waals surface area contributed by atoms with Crippen molar-refractivity contribution in [2.24, 2.45) is 11.8 Å². The van der Waals surface area contributed by atoms with Crippen molar-refractivity contribution in [3.63, 3.8) is 0 Å². The maximum Gasteiger partial charge on any atom is 0.306 e. The SMILES string of the molecule is CCOC(=O)CC1CCCC(CC(C)=O)C1=O. The van der Waals surface area contributed by atoms with Crippen LogP contribution in [0.15, 0.2) is 0 Å². The third kappa shape index (κ3) is 4.29.